The average molecular weight is 469 g/mol. The van der Waals surface area contributed by atoms with Crippen LogP contribution in [0, 0.1) is 6.92 Å². The summed E-state index contributed by atoms with van der Waals surface area (Å²) in [4.78, 5) is 17.4. The Bertz CT molecular complexity index is 1330. The number of rotatable bonds is 7. The molecule has 2 heterocycles. The van der Waals surface area contributed by atoms with E-state index in [2.05, 4.69) is 15.2 Å². The standard InChI is InChI=1S/C27H24N4O4/c1-18-28-27(30-35-18)21-10-14-23(15-11-21)34-17-26(32)31-25(20-8-12-22(33-2)13-9-20)16-24(29-31)19-6-4-3-5-7-19/h3-15,25H,16-17H2,1-2H3. The van der Waals surface area contributed by atoms with E-state index in [4.69, 9.17) is 14.0 Å². The Kier molecular flexibility index (Phi) is 6.26. The van der Waals surface area contributed by atoms with Gasteiger partial charge >= 0.3 is 0 Å². The third-order valence-corrected chi connectivity index (χ3v) is 5.78. The molecule has 0 radical (unpaired) electrons. The lowest BCUT2D eigenvalue weighted by Gasteiger charge is -2.22. The van der Waals surface area contributed by atoms with Gasteiger partial charge in [-0.05, 0) is 47.5 Å². The summed E-state index contributed by atoms with van der Waals surface area (Å²) >= 11 is 0. The van der Waals surface area contributed by atoms with Gasteiger partial charge in [0.1, 0.15) is 11.5 Å². The van der Waals surface area contributed by atoms with E-state index in [0.29, 0.717) is 23.9 Å². The Morgan fingerprint density at radius 1 is 0.971 bits per heavy atom. The Morgan fingerprint density at radius 3 is 2.34 bits per heavy atom. The number of aryl methyl sites for hydroxylation is 1. The van der Waals surface area contributed by atoms with Crippen molar-refractivity contribution in [1.29, 1.82) is 0 Å². The Morgan fingerprint density at radius 2 is 1.69 bits per heavy atom. The highest BCUT2D eigenvalue weighted by Gasteiger charge is 2.33. The highest BCUT2D eigenvalue weighted by molar-refractivity contribution is 6.03. The van der Waals surface area contributed by atoms with Gasteiger partial charge in [0.15, 0.2) is 6.61 Å². The van der Waals surface area contributed by atoms with Crippen LogP contribution in [0.15, 0.2) is 88.5 Å². The topological polar surface area (TPSA) is 90.0 Å². The maximum atomic E-state index is 13.2. The molecule has 5 rings (SSSR count). The molecule has 1 aromatic heterocycles. The molecule has 176 valence electrons. The second-order valence-corrected chi connectivity index (χ2v) is 8.09. The predicted molar refractivity (Wildman–Crippen MR) is 130 cm³/mol. The van der Waals surface area contributed by atoms with Crippen LogP contribution in [0.2, 0.25) is 0 Å². The quantitative estimate of drug-likeness (QED) is 0.387. The lowest BCUT2D eigenvalue weighted by Crippen LogP contribution is -2.31. The van der Waals surface area contributed by atoms with Gasteiger partial charge in [0, 0.05) is 18.9 Å². The molecule has 1 amide bonds. The van der Waals surface area contributed by atoms with Gasteiger partial charge in [0.2, 0.25) is 11.7 Å². The number of hydrazone groups is 1. The molecule has 0 fully saturated rings. The van der Waals surface area contributed by atoms with Gasteiger partial charge in [0.25, 0.3) is 5.91 Å². The fraction of sp³-hybridized carbons (Fsp3) is 0.185. The highest BCUT2D eigenvalue weighted by Crippen LogP contribution is 2.33. The fourth-order valence-electron chi connectivity index (χ4n) is 3.96. The molecule has 1 aliphatic rings. The van der Waals surface area contributed by atoms with Gasteiger partial charge in [0.05, 0.1) is 18.9 Å². The zero-order valence-corrected chi connectivity index (χ0v) is 19.4. The van der Waals surface area contributed by atoms with E-state index in [1.807, 2.05) is 66.7 Å². The molecule has 0 spiro atoms. The van der Waals surface area contributed by atoms with E-state index in [0.717, 1.165) is 28.2 Å². The number of hydrogen-bond acceptors (Lipinski definition) is 7. The zero-order chi connectivity index (χ0) is 24.2. The number of nitrogens with zero attached hydrogens (tertiary/aromatic N) is 4. The highest BCUT2D eigenvalue weighted by atomic mass is 16.5. The van der Waals surface area contributed by atoms with E-state index in [1.54, 1.807) is 26.2 Å². The third kappa shape index (κ3) is 4.91. The molecular formula is C27H24N4O4. The first-order valence-electron chi connectivity index (χ1n) is 11.2. The lowest BCUT2D eigenvalue weighted by atomic mass is 9.98. The van der Waals surface area contributed by atoms with Gasteiger partial charge in [-0.1, -0.05) is 47.6 Å². The number of benzene rings is 3. The zero-order valence-electron chi connectivity index (χ0n) is 19.4. The van der Waals surface area contributed by atoms with Gasteiger partial charge in [-0.15, -0.1) is 0 Å². The molecule has 0 saturated heterocycles. The van der Waals surface area contributed by atoms with E-state index in [9.17, 15) is 4.79 Å². The maximum Gasteiger partial charge on any atom is 0.281 e. The first-order valence-corrected chi connectivity index (χ1v) is 11.2. The molecular weight excluding hydrogens is 444 g/mol. The molecule has 3 aromatic carbocycles. The largest absolute Gasteiger partial charge is 0.497 e. The number of methoxy groups -OCH3 is 1. The summed E-state index contributed by atoms with van der Waals surface area (Å²) in [7, 11) is 1.63. The number of hydrogen-bond donors (Lipinski definition) is 0. The van der Waals surface area contributed by atoms with Crippen LogP contribution < -0.4 is 9.47 Å². The van der Waals surface area contributed by atoms with Crippen molar-refractivity contribution >= 4 is 11.6 Å². The summed E-state index contributed by atoms with van der Waals surface area (Å²) in [6, 6.07) is 24.6. The maximum absolute atomic E-state index is 13.2. The molecule has 0 N–H and O–H groups in total. The summed E-state index contributed by atoms with van der Waals surface area (Å²) in [6.45, 7) is 1.60. The molecule has 0 bridgehead atoms. The van der Waals surface area contributed by atoms with Gasteiger partial charge in [-0.2, -0.15) is 10.1 Å². The first kappa shape index (κ1) is 22.3. The van der Waals surface area contributed by atoms with Crippen molar-refractivity contribution < 1.29 is 18.8 Å². The first-order chi connectivity index (χ1) is 17.1. The average Bonchev–Trinajstić information content (AvgIpc) is 3.55. The van der Waals surface area contributed by atoms with Crippen molar-refractivity contribution in [2.75, 3.05) is 13.7 Å². The lowest BCUT2D eigenvalue weighted by molar-refractivity contribution is -0.135. The van der Waals surface area contributed by atoms with Crippen LogP contribution >= 0.6 is 0 Å². The summed E-state index contributed by atoms with van der Waals surface area (Å²) in [5.74, 6) is 2.10. The molecule has 1 atom stereocenters. The van der Waals surface area contributed by atoms with Crippen molar-refractivity contribution in [2.45, 2.75) is 19.4 Å². The number of ether oxygens (including phenoxy) is 2. The van der Waals surface area contributed by atoms with Crippen LogP contribution in [0.1, 0.15) is 29.5 Å². The van der Waals surface area contributed by atoms with E-state index in [1.165, 1.54) is 5.01 Å². The van der Waals surface area contributed by atoms with Gasteiger partial charge in [-0.3, -0.25) is 4.79 Å². The minimum absolute atomic E-state index is 0.140. The molecule has 1 unspecified atom stereocenters. The number of carbonyl (C=O) groups excluding carboxylic acids is 1. The van der Waals surface area contributed by atoms with Crippen LogP contribution in [0.3, 0.4) is 0 Å². The van der Waals surface area contributed by atoms with Crippen LogP contribution in [0.4, 0.5) is 0 Å². The van der Waals surface area contributed by atoms with Crippen molar-refractivity contribution in [3.63, 3.8) is 0 Å². The molecule has 0 aliphatic carbocycles. The van der Waals surface area contributed by atoms with Crippen LogP contribution in [-0.2, 0) is 4.79 Å². The molecule has 0 saturated carbocycles. The second kappa shape index (κ2) is 9.80. The van der Waals surface area contributed by atoms with E-state index >= 15 is 0 Å². The summed E-state index contributed by atoms with van der Waals surface area (Å²) in [5.41, 5.74) is 3.64. The SMILES string of the molecule is COc1ccc(C2CC(c3ccccc3)=NN2C(=O)COc2ccc(-c3noc(C)n3)cc2)cc1. The van der Waals surface area contributed by atoms with E-state index < -0.39 is 0 Å². The summed E-state index contributed by atoms with van der Waals surface area (Å²) < 4.78 is 16.1. The smallest absolute Gasteiger partial charge is 0.281 e. The fourth-order valence-corrected chi connectivity index (χ4v) is 3.96. The van der Waals surface area contributed by atoms with Crippen molar-refractivity contribution in [1.82, 2.24) is 15.1 Å². The van der Waals surface area contributed by atoms with Crippen molar-refractivity contribution in [2.24, 2.45) is 5.10 Å². The molecule has 8 nitrogen and oxygen atoms in total. The Labute approximate surface area is 202 Å². The van der Waals surface area contributed by atoms with Crippen LogP contribution in [0.25, 0.3) is 11.4 Å². The molecule has 1 aliphatic heterocycles. The van der Waals surface area contributed by atoms with Crippen molar-refractivity contribution in [3.05, 3.63) is 95.9 Å². The monoisotopic (exact) mass is 468 g/mol. The minimum atomic E-state index is -0.227. The minimum Gasteiger partial charge on any atom is -0.497 e. The Hall–Kier alpha value is -4.46. The van der Waals surface area contributed by atoms with Crippen LogP contribution in [-0.4, -0.2) is 40.5 Å². The Balaban J connectivity index is 1.32. The van der Waals surface area contributed by atoms with Gasteiger partial charge < -0.3 is 14.0 Å². The summed E-state index contributed by atoms with van der Waals surface area (Å²) in [6.07, 6.45) is 0.612. The number of carbonyl (C=O) groups is 1. The third-order valence-electron chi connectivity index (χ3n) is 5.78. The predicted octanol–water partition coefficient (Wildman–Crippen LogP) is 4.81. The van der Waals surface area contributed by atoms with Crippen molar-refractivity contribution in [3.8, 4) is 22.9 Å². The number of aromatic nitrogens is 2. The van der Waals surface area contributed by atoms with Crippen LogP contribution in [0.5, 0.6) is 11.5 Å². The summed E-state index contributed by atoms with van der Waals surface area (Å²) in [5, 5.41) is 10.1. The second-order valence-electron chi connectivity index (χ2n) is 8.09. The number of amides is 1. The molecule has 8 heteroatoms. The van der Waals surface area contributed by atoms with Gasteiger partial charge in [-0.25, -0.2) is 5.01 Å². The molecule has 4 aromatic rings. The van der Waals surface area contributed by atoms with E-state index in [-0.39, 0.29) is 18.6 Å². The normalized spacial score (nSPS) is 15.1. The molecule has 35 heavy (non-hydrogen) atoms.